The van der Waals surface area contributed by atoms with Crippen LogP contribution in [-0.4, -0.2) is 11.3 Å². The van der Waals surface area contributed by atoms with Crippen molar-refractivity contribution in [2.75, 3.05) is 0 Å². The fourth-order valence-corrected chi connectivity index (χ4v) is 2.21. The number of aldehydes is 1. The van der Waals surface area contributed by atoms with Crippen molar-refractivity contribution in [2.24, 2.45) is 0 Å². The second-order valence-corrected chi connectivity index (χ2v) is 4.73. The predicted molar refractivity (Wildman–Crippen MR) is 60.6 cm³/mol. The van der Waals surface area contributed by atoms with Gasteiger partial charge in [0.05, 0.1) is 9.35 Å². The summed E-state index contributed by atoms with van der Waals surface area (Å²) in [6, 6.07) is 4.64. The summed E-state index contributed by atoms with van der Waals surface area (Å²) in [5.74, 6) is -0.314. The maximum atomic E-state index is 13.0. The Labute approximate surface area is 97.9 Å². The van der Waals surface area contributed by atoms with Crippen molar-refractivity contribution in [2.45, 2.75) is 0 Å². The van der Waals surface area contributed by atoms with E-state index in [1.807, 2.05) is 0 Å². The molecule has 15 heavy (non-hydrogen) atoms. The van der Waals surface area contributed by atoms with Gasteiger partial charge in [-0.3, -0.25) is 4.79 Å². The number of carbonyl (C=O) groups excluding carboxylic acids is 1. The summed E-state index contributed by atoms with van der Waals surface area (Å²) in [4.78, 5) is 15.1. The van der Waals surface area contributed by atoms with Gasteiger partial charge < -0.3 is 0 Å². The molecule has 1 aromatic carbocycles. The third-order valence-corrected chi connectivity index (χ3v) is 3.39. The Morgan fingerprint density at radius 3 is 2.87 bits per heavy atom. The summed E-state index contributed by atoms with van der Waals surface area (Å²) in [6.45, 7) is 0. The summed E-state index contributed by atoms with van der Waals surface area (Å²) in [6.07, 6.45) is 2.25. The Bertz CT molecular complexity index is 512. The molecule has 0 N–H and O–H groups in total. The number of rotatable bonds is 2. The van der Waals surface area contributed by atoms with Gasteiger partial charge in [0.25, 0.3) is 0 Å². The lowest BCUT2D eigenvalue weighted by Crippen LogP contribution is -1.79. The van der Waals surface area contributed by atoms with Gasteiger partial charge in [0.1, 0.15) is 10.8 Å². The van der Waals surface area contributed by atoms with Crippen molar-refractivity contribution < 1.29 is 9.18 Å². The second kappa shape index (κ2) is 4.20. The molecule has 0 bridgehead atoms. The molecule has 76 valence electrons. The lowest BCUT2D eigenvalue weighted by molar-refractivity contribution is 0.112. The number of aromatic nitrogens is 1. The van der Waals surface area contributed by atoms with E-state index < -0.39 is 0 Å². The zero-order valence-corrected chi connectivity index (χ0v) is 9.81. The molecule has 0 aliphatic rings. The van der Waals surface area contributed by atoms with Crippen LogP contribution in [0.1, 0.15) is 9.67 Å². The monoisotopic (exact) mass is 285 g/mol. The molecule has 2 rings (SSSR count). The van der Waals surface area contributed by atoms with E-state index >= 15 is 0 Å². The molecular formula is C10H5BrFNOS. The van der Waals surface area contributed by atoms with Crippen LogP contribution in [0.5, 0.6) is 0 Å². The van der Waals surface area contributed by atoms with E-state index in [1.54, 1.807) is 12.1 Å². The molecule has 2 aromatic rings. The average molecular weight is 286 g/mol. The highest BCUT2D eigenvalue weighted by Crippen LogP contribution is 2.27. The van der Waals surface area contributed by atoms with E-state index in [0.29, 0.717) is 14.4 Å². The molecule has 0 saturated carbocycles. The topological polar surface area (TPSA) is 30.0 Å². The molecule has 1 aromatic heterocycles. The molecule has 0 saturated heterocycles. The summed E-state index contributed by atoms with van der Waals surface area (Å²) in [5, 5.41) is 0.706. The molecule has 0 spiro atoms. The molecular weight excluding hydrogens is 281 g/mol. The van der Waals surface area contributed by atoms with Crippen LogP contribution < -0.4 is 0 Å². The highest BCUT2D eigenvalue weighted by molar-refractivity contribution is 9.10. The van der Waals surface area contributed by atoms with Gasteiger partial charge >= 0.3 is 0 Å². The number of halogens is 2. The van der Waals surface area contributed by atoms with Crippen molar-refractivity contribution in [1.82, 2.24) is 4.98 Å². The van der Waals surface area contributed by atoms with E-state index in [4.69, 9.17) is 0 Å². The summed E-state index contributed by atoms with van der Waals surface area (Å²) < 4.78 is 13.4. The van der Waals surface area contributed by atoms with E-state index in [1.165, 1.54) is 23.6 Å². The van der Waals surface area contributed by atoms with Crippen molar-refractivity contribution >= 4 is 33.6 Å². The Morgan fingerprint density at radius 1 is 1.47 bits per heavy atom. The molecule has 0 fully saturated rings. The van der Waals surface area contributed by atoms with Crippen LogP contribution >= 0.6 is 27.3 Å². The van der Waals surface area contributed by atoms with E-state index in [0.717, 1.165) is 11.8 Å². The largest absolute Gasteiger partial charge is 0.297 e. The summed E-state index contributed by atoms with van der Waals surface area (Å²) >= 11 is 4.38. The van der Waals surface area contributed by atoms with Gasteiger partial charge in [-0.2, -0.15) is 0 Å². The second-order valence-electron chi connectivity index (χ2n) is 2.81. The Hall–Kier alpha value is -1.07. The average Bonchev–Trinajstić information content (AvgIpc) is 2.70. The fraction of sp³-hybridized carbons (Fsp3) is 0. The molecule has 0 aliphatic heterocycles. The van der Waals surface area contributed by atoms with E-state index in [-0.39, 0.29) is 5.82 Å². The Morgan fingerprint density at radius 2 is 2.27 bits per heavy atom. The summed E-state index contributed by atoms with van der Waals surface area (Å²) in [7, 11) is 0. The third kappa shape index (κ3) is 2.13. The van der Waals surface area contributed by atoms with Crippen LogP contribution in [0, 0.1) is 5.82 Å². The number of benzene rings is 1. The van der Waals surface area contributed by atoms with Crippen molar-refractivity contribution in [1.29, 1.82) is 0 Å². The molecule has 0 amide bonds. The minimum Gasteiger partial charge on any atom is -0.297 e. The van der Waals surface area contributed by atoms with E-state index in [2.05, 4.69) is 20.9 Å². The first-order valence-electron chi connectivity index (χ1n) is 4.07. The van der Waals surface area contributed by atoms with Crippen LogP contribution in [0.3, 0.4) is 0 Å². The summed E-state index contributed by atoms with van der Waals surface area (Å²) in [5.41, 5.74) is 0.793. The van der Waals surface area contributed by atoms with Crippen molar-refractivity contribution in [3.63, 3.8) is 0 Å². The molecule has 0 unspecified atom stereocenters. The zero-order chi connectivity index (χ0) is 10.8. The number of hydrogen-bond donors (Lipinski definition) is 0. The maximum Gasteiger partial charge on any atom is 0.161 e. The van der Waals surface area contributed by atoms with Gasteiger partial charge in [-0.25, -0.2) is 9.37 Å². The fourth-order valence-electron chi connectivity index (χ4n) is 1.10. The first kappa shape index (κ1) is 10.4. The number of nitrogens with zero attached hydrogens (tertiary/aromatic N) is 1. The zero-order valence-electron chi connectivity index (χ0n) is 7.41. The molecule has 1 heterocycles. The third-order valence-electron chi connectivity index (χ3n) is 1.81. The lowest BCUT2D eigenvalue weighted by Gasteiger charge is -1.97. The highest BCUT2D eigenvalue weighted by atomic mass is 79.9. The van der Waals surface area contributed by atoms with Gasteiger partial charge in [-0.05, 0) is 34.1 Å². The first-order valence-corrected chi connectivity index (χ1v) is 5.68. The van der Waals surface area contributed by atoms with Crippen LogP contribution in [0.2, 0.25) is 0 Å². The lowest BCUT2D eigenvalue weighted by atomic mass is 10.2. The molecule has 5 heteroatoms. The van der Waals surface area contributed by atoms with Gasteiger partial charge in [0.15, 0.2) is 6.29 Å². The van der Waals surface area contributed by atoms with E-state index in [9.17, 15) is 9.18 Å². The Balaban J connectivity index is 2.44. The van der Waals surface area contributed by atoms with Crippen molar-refractivity contribution in [3.8, 4) is 10.6 Å². The minimum absolute atomic E-state index is 0.314. The quantitative estimate of drug-likeness (QED) is 0.790. The SMILES string of the molecule is O=Cc1cnc(-c2ccc(F)c(Br)c2)s1. The number of carbonyl (C=O) groups is 1. The Kier molecular flexibility index (Phi) is 2.93. The predicted octanol–water partition coefficient (Wildman–Crippen LogP) is 3.52. The smallest absolute Gasteiger partial charge is 0.161 e. The standard InChI is InChI=1S/C10H5BrFNOS/c11-8-3-6(1-2-9(8)12)10-13-4-7(5-14)15-10/h1-5H. The molecule has 2 nitrogen and oxygen atoms in total. The van der Waals surface area contributed by atoms with Gasteiger partial charge in [-0.15, -0.1) is 11.3 Å². The first-order chi connectivity index (χ1) is 7.20. The van der Waals surface area contributed by atoms with Crippen molar-refractivity contribution in [3.05, 3.63) is 39.6 Å². The van der Waals surface area contributed by atoms with Crippen LogP contribution in [-0.2, 0) is 0 Å². The van der Waals surface area contributed by atoms with Crippen LogP contribution in [0.4, 0.5) is 4.39 Å². The molecule has 0 aliphatic carbocycles. The van der Waals surface area contributed by atoms with Gasteiger partial charge in [-0.1, -0.05) is 0 Å². The molecule has 0 atom stereocenters. The van der Waals surface area contributed by atoms with Crippen LogP contribution in [0.25, 0.3) is 10.6 Å². The maximum absolute atomic E-state index is 13.0. The minimum atomic E-state index is -0.314. The highest BCUT2D eigenvalue weighted by Gasteiger charge is 2.06. The number of hydrogen-bond acceptors (Lipinski definition) is 3. The van der Waals surface area contributed by atoms with Gasteiger partial charge in [0, 0.05) is 11.8 Å². The van der Waals surface area contributed by atoms with Crippen LogP contribution in [0.15, 0.2) is 28.9 Å². The molecule has 0 radical (unpaired) electrons. The van der Waals surface area contributed by atoms with Gasteiger partial charge in [0.2, 0.25) is 0 Å². The number of thiazole rings is 1. The normalized spacial score (nSPS) is 10.3.